The molecule has 0 aromatic heterocycles. The van der Waals surface area contributed by atoms with Gasteiger partial charge in [-0.25, -0.2) is 4.99 Å². The van der Waals surface area contributed by atoms with Crippen molar-refractivity contribution in [1.82, 2.24) is 16.0 Å². The van der Waals surface area contributed by atoms with Crippen molar-refractivity contribution < 1.29 is 9.59 Å². The Balaban J connectivity index is -0.00000320. The van der Waals surface area contributed by atoms with E-state index < -0.39 is 0 Å². The minimum absolute atomic E-state index is 0. The molecular formula is C22H42Cl3N7O2. The van der Waals surface area contributed by atoms with Crippen LogP contribution in [0.5, 0.6) is 0 Å². The van der Waals surface area contributed by atoms with E-state index in [0.717, 1.165) is 63.7 Å². The summed E-state index contributed by atoms with van der Waals surface area (Å²) < 4.78 is 0. The summed E-state index contributed by atoms with van der Waals surface area (Å²) in [6.07, 6.45) is 7.01. The van der Waals surface area contributed by atoms with Crippen LogP contribution >= 0.6 is 37.2 Å². The van der Waals surface area contributed by atoms with Crippen molar-refractivity contribution in [3.8, 4) is 0 Å². The van der Waals surface area contributed by atoms with Crippen LogP contribution in [0.15, 0.2) is 29.3 Å². The molecule has 0 aliphatic heterocycles. The van der Waals surface area contributed by atoms with Crippen molar-refractivity contribution in [2.45, 2.75) is 51.4 Å². The van der Waals surface area contributed by atoms with Gasteiger partial charge >= 0.3 is 0 Å². The largest absolute Gasteiger partial charge is 0.370 e. The maximum Gasteiger partial charge on any atom is 0.239 e. The first kappa shape index (κ1) is 36.8. The zero-order chi connectivity index (χ0) is 22.7. The van der Waals surface area contributed by atoms with Crippen LogP contribution in [0.4, 0.5) is 5.69 Å². The van der Waals surface area contributed by atoms with Gasteiger partial charge in [0.2, 0.25) is 11.8 Å². The number of carbonyl (C=O) groups is 2. The van der Waals surface area contributed by atoms with Gasteiger partial charge in [-0.2, -0.15) is 0 Å². The Bertz CT molecular complexity index is 673. The number of nitrogens with two attached hydrogens (primary N) is 3. The van der Waals surface area contributed by atoms with Crippen LogP contribution in [-0.4, -0.2) is 50.5 Å². The minimum atomic E-state index is -0.145. The molecule has 0 heterocycles. The second-order valence-electron chi connectivity index (χ2n) is 7.49. The van der Waals surface area contributed by atoms with E-state index in [2.05, 4.69) is 20.9 Å². The number of amides is 2. The number of carbonyl (C=O) groups excluding carboxylic acids is 2. The van der Waals surface area contributed by atoms with Gasteiger partial charge in [0.1, 0.15) is 0 Å². The van der Waals surface area contributed by atoms with E-state index in [0.29, 0.717) is 19.5 Å². The molecule has 1 rings (SSSR count). The van der Waals surface area contributed by atoms with Gasteiger partial charge in [0.05, 0.1) is 12.2 Å². The minimum Gasteiger partial charge on any atom is -0.370 e. The summed E-state index contributed by atoms with van der Waals surface area (Å²) in [4.78, 5) is 27.6. The lowest BCUT2D eigenvalue weighted by Crippen LogP contribution is -2.37. The third-order valence-corrected chi connectivity index (χ3v) is 4.67. The van der Waals surface area contributed by atoms with Crippen molar-refractivity contribution in [2.75, 3.05) is 32.7 Å². The van der Waals surface area contributed by atoms with E-state index in [1.165, 1.54) is 5.56 Å². The number of aliphatic imine (C=N–C) groups is 1. The van der Waals surface area contributed by atoms with Crippen molar-refractivity contribution in [2.24, 2.45) is 22.2 Å². The Kier molecular flexibility index (Phi) is 26.3. The highest BCUT2D eigenvalue weighted by atomic mass is 35.5. The second-order valence-corrected chi connectivity index (χ2v) is 7.49. The van der Waals surface area contributed by atoms with Gasteiger partial charge in [-0.3, -0.25) is 9.59 Å². The highest BCUT2D eigenvalue weighted by molar-refractivity contribution is 5.86. The Morgan fingerprint density at radius 1 is 0.765 bits per heavy atom. The standard InChI is InChI=1S/C22H39N7O2.3ClH/c23-13-6-15-26-14-4-5-16-27-21(31)17-28-20(30)8-3-1-2-7-18-9-11-19(12-10-18)29-22(24)25;;;/h9-12,26H,1-8,13-17,23H2,(H,27,31)(H,28,30)(H4,24,25,29);3*1H. The van der Waals surface area contributed by atoms with E-state index in [4.69, 9.17) is 17.2 Å². The highest BCUT2D eigenvalue weighted by Gasteiger charge is 2.05. The van der Waals surface area contributed by atoms with Crippen LogP contribution in [0.1, 0.15) is 50.5 Å². The van der Waals surface area contributed by atoms with Crippen molar-refractivity contribution >= 4 is 60.7 Å². The van der Waals surface area contributed by atoms with Gasteiger partial charge < -0.3 is 33.2 Å². The predicted molar refractivity (Wildman–Crippen MR) is 148 cm³/mol. The average molecular weight is 543 g/mol. The monoisotopic (exact) mass is 541 g/mol. The van der Waals surface area contributed by atoms with Crippen LogP contribution in [0, 0.1) is 0 Å². The van der Waals surface area contributed by atoms with Crippen LogP contribution in [-0.2, 0) is 16.0 Å². The number of unbranched alkanes of at least 4 members (excludes halogenated alkanes) is 3. The fourth-order valence-corrected chi connectivity index (χ4v) is 2.96. The molecule has 1 aromatic rings. The summed E-state index contributed by atoms with van der Waals surface area (Å²) in [7, 11) is 0. The van der Waals surface area contributed by atoms with E-state index >= 15 is 0 Å². The maximum absolute atomic E-state index is 11.9. The molecule has 34 heavy (non-hydrogen) atoms. The van der Waals surface area contributed by atoms with E-state index in [1.54, 1.807) is 0 Å². The third kappa shape index (κ3) is 20.8. The van der Waals surface area contributed by atoms with Crippen molar-refractivity contribution in [3.63, 3.8) is 0 Å². The quantitative estimate of drug-likeness (QED) is 0.100. The SMILES string of the molecule is Cl.Cl.Cl.NCCCNCCCCNC(=O)CNC(=O)CCCCCc1ccc(N=C(N)N)cc1. The summed E-state index contributed by atoms with van der Waals surface area (Å²) >= 11 is 0. The van der Waals surface area contributed by atoms with E-state index in [9.17, 15) is 9.59 Å². The zero-order valence-corrected chi connectivity index (χ0v) is 22.2. The fourth-order valence-electron chi connectivity index (χ4n) is 2.96. The van der Waals surface area contributed by atoms with E-state index in [-0.39, 0.29) is 61.5 Å². The molecule has 9 nitrogen and oxygen atoms in total. The van der Waals surface area contributed by atoms with Crippen molar-refractivity contribution in [1.29, 1.82) is 0 Å². The number of benzene rings is 1. The van der Waals surface area contributed by atoms with E-state index in [1.807, 2.05) is 24.3 Å². The molecule has 0 unspecified atom stereocenters. The Hall–Kier alpha value is -1.78. The first-order valence-electron chi connectivity index (χ1n) is 11.1. The lowest BCUT2D eigenvalue weighted by atomic mass is 10.1. The third-order valence-electron chi connectivity index (χ3n) is 4.67. The number of halogens is 3. The number of hydrogen-bond donors (Lipinski definition) is 6. The summed E-state index contributed by atoms with van der Waals surface area (Å²) in [5.41, 5.74) is 18.1. The highest BCUT2D eigenvalue weighted by Crippen LogP contribution is 2.14. The number of nitrogens with zero attached hydrogens (tertiary/aromatic N) is 1. The predicted octanol–water partition coefficient (Wildman–Crippen LogP) is 1.91. The molecule has 0 saturated heterocycles. The smallest absolute Gasteiger partial charge is 0.239 e. The van der Waals surface area contributed by atoms with Crippen LogP contribution in [0.3, 0.4) is 0 Å². The normalized spacial score (nSPS) is 9.56. The molecule has 0 fully saturated rings. The molecule has 2 amide bonds. The fraction of sp³-hybridized carbons (Fsp3) is 0.591. The zero-order valence-electron chi connectivity index (χ0n) is 19.7. The number of hydrogen-bond acceptors (Lipinski definition) is 5. The number of guanidine groups is 1. The number of nitrogens with one attached hydrogen (secondary N) is 3. The van der Waals surface area contributed by atoms with Gasteiger partial charge in [0.25, 0.3) is 0 Å². The molecule has 198 valence electrons. The molecule has 0 spiro atoms. The van der Waals surface area contributed by atoms with Gasteiger partial charge in [0, 0.05) is 13.0 Å². The summed E-state index contributed by atoms with van der Waals surface area (Å²) in [6, 6.07) is 7.78. The molecular weight excluding hydrogens is 501 g/mol. The first-order chi connectivity index (χ1) is 15.0. The van der Waals surface area contributed by atoms with Gasteiger partial charge in [0.15, 0.2) is 5.96 Å². The summed E-state index contributed by atoms with van der Waals surface area (Å²) in [5, 5.41) is 8.80. The van der Waals surface area contributed by atoms with Gasteiger partial charge in [-0.1, -0.05) is 18.6 Å². The van der Waals surface area contributed by atoms with Crippen LogP contribution < -0.4 is 33.2 Å². The first-order valence-corrected chi connectivity index (χ1v) is 11.1. The maximum atomic E-state index is 11.9. The Morgan fingerprint density at radius 2 is 1.41 bits per heavy atom. The Labute approximate surface area is 222 Å². The number of rotatable bonds is 17. The molecule has 12 heteroatoms. The van der Waals surface area contributed by atoms with Crippen molar-refractivity contribution in [3.05, 3.63) is 29.8 Å². The van der Waals surface area contributed by atoms with Crippen LogP contribution in [0.2, 0.25) is 0 Å². The molecule has 0 aliphatic rings. The molecule has 1 aromatic carbocycles. The lowest BCUT2D eigenvalue weighted by molar-refractivity contribution is -0.126. The number of aryl methyl sites for hydroxylation is 1. The van der Waals surface area contributed by atoms with Gasteiger partial charge in [-0.15, -0.1) is 37.2 Å². The summed E-state index contributed by atoms with van der Waals surface area (Å²) in [5.74, 6) is -0.180. The second kappa shape index (κ2) is 24.3. The molecule has 9 N–H and O–H groups in total. The topological polar surface area (TPSA) is 161 Å². The molecule has 0 atom stereocenters. The lowest BCUT2D eigenvalue weighted by Gasteiger charge is -2.08. The average Bonchev–Trinajstić information content (AvgIpc) is 2.74. The molecule has 0 radical (unpaired) electrons. The Morgan fingerprint density at radius 3 is 2.06 bits per heavy atom. The van der Waals surface area contributed by atoms with Gasteiger partial charge in [-0.05, 0) is 75.9 Å². The summed E-state index contributed by atoms with van der Waals surface area (Å²) in [6.45, 7) is 3.22. The molecule has 0 saturated carbocycles. The molecule has 0 bridgehead atoms. The van der Waals surface area contributed by atoms with Crippen LogP contribution in [0.25, 0.3) is 0 Å². The molecule has 0 aliphatic carbocycles.